The van der Waals surface area contributed by atoms with Gasteiger partial charge in [-0.25, -0.2) is 14.6 Å². The summed E-state index contributed by atoms with van der Waals surface area (Å²) < 4.78 is 10.2. The van der Waals surface area contributed by atoms with Crippen molar-refractivity contribution >= 4 is 63.6 Å². The molecule has 3 heterocycles. The van der Waals surface area contributed by atoms with Crippen LogP contribution in [0, 0.1) is 0 Å². The lowest BCUT2D eigenvalue weighted by molar-refractivity contribution is -0.150. The number of carboxylic acid groups (broad SMARTS) is 1. The van der Waals surface area contributed by atoms with Crippen LogP contribution in [0.2, 0.25) is 0 Å². The third kappa shape index (κ3) is 6.92. The number of unbranched alkanes of at least 4 members (excludes halogenated alkanes) is 1. The van der Waals surface area contributed by atoms with E-state index in [-0.39, 0.29) is 28.8 Å². The van der Waals surface area contributed by atoms with Crippen molar-refractivity contribution in [1.29, 1.82) is 0 Å². The Hall–Kier alpha value is -3.39. The lowest BCUT2D eigenvalue weighted by Gasteiger charge is -2.49. The molecule has 3 N–H and O–H groups in total. The molecule has 0 aromatic carbocycles. The molecule has 0 unspecified atom stereocenters. The predicted octanol–water partition coefficient (Wildman–Crippen LogP) is 2.98. The van der Waals surface area contributed by atoms with E-state index in [9.17, 15) is 29.1 Å². The molecule has 1 fully saturated rings. The van der Waals surface area contributed by atoms with Gasteiger partial charge in [0.1, 0.15) is 29.3 Å². The standard InChI is InChI=1S/C24H30N4O8S2/c1-6-7-8-14(15-11-38-22(25-15)27-23(34)36-24(3,4)5)18(30)26-16-19(31)28-17(21(32)33)13(9-35-12(2)29)10-37-20(16)28/h8,11,16,20H,6-7,9-10H2,1-5H3,(H,26,30)(H,32,33)(H,25,27,34)/t16-,20+/m0/s1. The number of fused-ring (bicyclic) bond motifs is 1. The minimum atomic E-state index is -1.31. The van der Waals surface area contributed by atoms with Crippen LogP contribution >= 0.6 is 23.1 Å². The third-order valence-electron chi connectivity index (χ3n) is 5.26. The minimum absolute atomic E-state index is 0.222. The number of carbonyl (C=O) groups excluding carboxylic acids is 4. The van der Waals surface area contributed by atoms with Gasteiger partial charge in [0.15, 0.2) is 5.13 Å². The predicted molar refractivity (Wildman–Crippen MR) is 141 cm³/mol. The van der Waals surface area contributed by atoms with Gasteiger partial charge in [-0.15, -0.1) is 23.1 Å². The highest BCUT2D eigenvalue weighted by atomic mass is 32.2. The molecule has 0 saturated carbocycles. The van der Waals surface area contributed by atoms with Crippen molar-refractivity contribution in [3.05, 3.63) is 28.4 Å². The van der Waals surface area contributed by atoms with Gasteiger partial charge < -0.3 is 19.9 Å². The summed E-state index contributed by atoms with van der Waals surface area (Å²) >= 11 is 2.39. The van der Waals surface area contributed by atoms with E-state index in [4.69, 9.17) is 9.47 Å². The fourth-order valence-corrected chi connectivity index (χ4v) is 5.67. The number of hydrogen-bond donors (Lipinski definition) is 3. The molecule has 12 nitrogen and oxygen atoms in total. The van der Waals surface area contributed by atoms with Crippen LogP contribution in [-0.2, 0) is 28.7 Å². The molecular weight excluding hydrogens is 536 g/mol. The zero-order chi connectivity index (χ0) is 28.2. The van der Waals surface area contributed by atoms with Crippen molar-refractivity contribution in [2.45, 2.75) is 64.5 Å². The van der Waals surface area contributed by atoms with Crippen LogP contribution in [0.25, 0.3) is 5.57 Å². The summed E-state index contributed by atoms with van der Waals surface area (Å²) in [5, 5.41) is 16.2. The molecule has 0 radical (unpaired) electrons. The largest absolute Gasteiger partial charge is 0.477 e. The Morgan fingerprint density at radius 1 is 1.29 bits per heavy atom. The van der Waals surface area contributed by atoms with Gasteiger partial charge in [0.25, 0.3) is 11.8 Å². The summed E-state index contributed by atoms with van der Waals surface area (Å²) in [4.78, 5) is 66.8. The summed E-state index contributed by atoms with van der Waals surface area (Å²) in [6, 6.07) is -0.944. The first kappa shape index (κ1) is 29.2. The van der Waals surface area contributed by atoms with Crippen LogP contribution in [0.4, 0.5) is 9.93 Å². The molecule has 1 saturated heterocycles. The number of nitrogens with zero attached hydrogens (tertiary/aromatic N) is 2. The smallest absolute Gasteiger partial charge is 0.413 e. The Morgan fingerprint density at radius 2 is 2.00 bits per heavy atom. The van der Waals surface area contributed by atoms with Gasteiger partial charge in [-0.05, 0) is 27.2 Å². The van der Waals surface area contributed by atoms with Crippen LogP contribution in [0.15, 0.2) is 22.7 Å². The van der Waals surface area contributed by atoms with E-state index in [0.29, 0.717) is 17.7 Å². The van der Waals surface area contributed by atoms with Crippen molar-refractivity contribution in [3.63, 3.8) is 0 Å². The lowest BCUT2D eigenvalue weighted by Crippen LogP contribution is -2.70. The van der Waals surface area contributed by atoms with E-state index in [0.717, 1.165) is 22.7 Å². The van der Waals surface area contributed by atoms with Gasteiger partial charge in [0, 0.05) is 23.6 Å². The molecular formula is C24H30N4O8S2. The highest BCUT2D eigenvalue weighted by molar-refractivity contribution is 8.00. The maximum Gasteiger partial charge on any atom is 0.413 e. The second-order valence-corrected chi connectivity index (χ2v) is 11.4. The highest BCUT2D eigenvalue weighted by Gasteiger charge is 2.54. The van der Waals surface area contributed by atoms with Gasteiger partial charge in [0.05, 0.1) is 11.3 Å². The number of aromatic nitrogens is 1. The number of allylic oxidation sites excluding steroid dienone is 1. The quantitative estimate of drug-likeness (QED) is 0.230. The number of ether oxygens (including phenoxy) is 2. The van der Waals surface area contributed by atoms with Crippen molar-refractivity contribution in [2.75, 3.05) is 17.7 Å². The van der Waals surface area contributed by atoms with Gasteiger partial charge in [-0.1, -0.05) is 19.4 Å². The van der Waals surface area contributed by atoms with Crippen LogP contribution in [0.3, 0.4) is 0 Å². The second-order valence-electron chi connectivity index (χ2n) is 9.47. The molecule has 0 bridgehead atoms. The molecule has 38 heavy (non-hydrogen) atoms. The fourth-order valence-electron chi connectivity index (χ4n) is 3.65. The summed E-state index contributed by atoms with van der Waals surface area (Å²) in [7, 11) is 0. The number of anilines is 1. The molecule has 1 aromatic heterocycles. The summed E-state index contributed by atoms with van der Waals surface area (Å²) in [5.41, 5.74) is -0.0561. The first-order valence-electron chi connectivity index (χ1n) is 11.8. The van der Waals surface area contributed by atoms with Crippen molar-refractivity contribution in [3.8, 4) is 0 Å². The van der Waals surface area contributed by atoms with E-state index in [1.54, 1.807) is 32.2 Å². The number of hydrogen-bond acceptors (Lipinski definition) is 10. The van der Waals surface area contributed by atoms with Crippen molar-refractivity contribution in [2.24, 2.45) is 0 Å². The van der Waals surface area contributed by atoms with Gasteiger partial charge in [-0.3, -0.25) is 24.6 Å². The molecule has 2 atom stereocenters. The first-order valence-corrected chi connectivity index (χ1v) is 13.8. The number of carboxylic acids is 1. The molecule has 0 aliphatic carbocycles. The number of carbonyl (C=O) groups is 5. The molecule has 1 aromatic rings. The van der Waals surface area contributed by atoms with Gasteiger partial charge in [-0.2, -0.15) is 0 Å². The highest BCUT2D eigenvalue weighted by Crippen LogP contribution is 2.40. The summed E-state index contributed by atoms with van der Waals surface area (Å²) in [5.74, 6) is -2.77. The number of thiazole rings is 1. The number of amides is 3. The fraction of sp³-hybridized carbons (Fsp3) is 0.500. The lowest BCUT2D eigenvalue weighted by atomic mass is 10.0. The third-order valence-corrected chi connectivity index (χ3v) is 7.35. The Balaban J connectivity index is 1.74. The Labute approximate surface area is 227 Å². The molecule has 2 aliphatic rings. The average molecular weight is 567 g/mol. The van der Waals surface area contributed by atoms with Crippen LogP contribution in [-0.4, -0.2) is 74.2 Å². The van der Waals surface area contributed by atoms with Crippen LogP contribution < -0.4 is 10.6 Å². The maximum atomic E-state index is 13.3. The zero-order valence-corrected chi connectivity index (χ0v) is 23.3. The van der Waals surface area contributed by atoms with Gasteiger partial charge in [0.2, 0.25) is 0 Å². The Kier molecular flexibility index (Phi) is 9.20. The normalized spacial score (nSPS) is 19.3. The van der Waals surface area contributed by atoms with Gasteiger partial charge >= 0.3 is 18.0 Å². The first-order chi connectivity index (χ1) is 17.8. The minimum Gasteiger partial charge on any atom is -0.477 e. The van der Waals surface area contributed by atoms with E-state index >= 15 is 0 Å². The molecule has 206 valence electrons. The van der Waals surface area contributed by atoms with E-state index in [1.807, 2.05) is 6.92 Å². The molecule has 3 amide bonds. The number of rotatable bonds is 9. The zero-order valence-electron chi connectivity index (χ0n) is 21.7. The number of aliphatic carboxylic acids is 1. The monoisotopic (exact) mass is 566 g/mol. The topological polar surface area (TPSA) is 164 Å². The molecule has 0 spiro atoms. The number of nitrogens with one attached hydrogen (secondary N) is 2. The number of β-lactam (4-membered cyclic amide) rings is 1. The molecule has 3 rings (SSSR count). The van der Waals surface area contributed by atoms with Crippen molar-refractivity contribution in [1.82, 2.24) is 15.2 Å². The van der Waals surface area contributed by atoms with Crippen LogP contribution in [0.1, 0.15) is 53.2 Å². The second kappa shape index (κ2) is 12.0. The Bertz CT molecular complexity index is 1200. The van der Waals surface area contributed by atoms with E-state index < -0.39 is 46.9 Å². The molecule has 2 aliphatic heterocycles. The van der Waals surface area contributed by atoms with Crippen LogP contribution in [0.5, 0.6) is 0 Å². The van der Waals surface area contributed by atoms with E-state index in [2.05, 4.69) is 15.6 Å². The van der Waals surface area contributed by atoms with Crippen molar-refractivity contribution < 1.29 is 38.6 Å². The average Bonchev–Trinajstić information content (AvgIpc) is 3.26. The number of thioether (sulfide) groups is 1. The summed E-state index contributed by atoms with van der Waals surface area (Å²) in [6.45, 7) is 8.13. The SMILES string of the molecule is CCCC=C(C(=O)N[C@H]1C(=O)N2C(C(=O)O)=C(COC(C)=O)CS[C@H]12)c1csc(NC(=O)OC(C)(C)C)n1. The Morgan fingerprint density at radius 3 is 2.61 bits per heavy atom. The summed E-state index contributed by atoms with van der Waals surface area (Å²) in [6.07, 6.45) is 2.36. The maximum absolute atomic E-state index is 13.3. The molecule has 14 heteroatoms. The van der Waals surface area contributed by atoms with E-state index in [1.165, 1.54) is 18.7 Å². The number of esters is 1.